The number of nitrogens with one attached hydrogen (secondary N) is 2. The number of nitrogens with zero attached hydrogens (tertiary/aromatic N) is 3. The van der Waals surface area contributed by atoms with Crippen LogP contribution in [0, 0.1) is 0 Å². The Morgan fingerprint density at radius 2 is 1.83 bits per heavy atom. The van der Waals surface area contributed by atoms with Gasteiger partial charge in [0.05, 0.1) is 18.3 Å². The molecule has 8 nitrogen and oxygen atoms in total. The van der Waals surface area contributed by atoms with E-state index in [9.17, 15) is 4.79 Å². The quantitative estimate of drug-likeness (QED) is 0.505. The van der Waals surface area contributed by atoms with Crippen LogP contribution in [0.3, 0.4) is 0 Å². The second-order valence-corrected chi connectivity index (χ2v) is 6.30. The van der Waals surface area contributed by atoms with Crippen molar-refractivity contribution in [3.8, 4) is 17.2 Å². The summed E-state index contributed by atoms with van der Waals surface area (Å²) in [6.45, 7) is 0. The molecular formula is C22H19N5O3. The van der Waals surface area contributed by atoms with E-state index in [-0.39, 0.29) is 11.6 Å². The van der Waals surface area contributed by atoms with E-state index in [0.29, 0.717) is 23.2 Å². The summed E-state index contributed by atoms with van der Waals surface area (Å²) in [6.07, 6.45) is 3.25. The minimum Gasteiger partial charge on any atom is -0.495 e. The predicted molar refractivity (Wildman–Crippen MR) is 114 cm³/mol. The average molecular weight is 401 g/mol. The van der Waals surface area contributed by atoms with Crippen molar-refractivity contribution < 1.29 is 14.3 Å². The molecule has 2 aromatic heterocycles. The van der Waals surface area contributed by atoms with Crippen LogP contribution in [0.4, 0.5) is 11.6 Å². The number of aromatic nitrogens is 3. The number of carbonyl (C=O) groups excluding carboxylic acids is 1. The molecule has 30 heavy (non-hydrogen) atoms. The van der Waals surface area contributed by atoms with Crippen LogP contribution in [0.1, 0.15) is 10.5 Å². The number of benzene rings is 2. The lowest BCUT2D eigenvalue weighted by Crippen LogP contribution is -2.18. The van der Waals surface area contributed by atoms with Crippen LogP contribution in [0.5, 0.6) is 17.2 Å². The number of fused-ring (bicyclic) bond motifs is 1. The van der Waals surface area contributed by atoms with E-state index in [4.69, 9.17) is 9.47 Å². The first-order valence-corrected chi connectivity index (χ1v) is 9.19. The molecule has 4 rings (SSSR count). The Morgan fingerprint density at radius 3 is 2.67 bits per heavy atom. The second-order valence-electron chi connectivity index (χ2n) is 6.30. The van der Waals surface area contributed by atoms with Gasteiger partial charge in [-0.1, -0.05) is 12.1 Å². The Balaban J connectivity index is 1.55. The fourth-order valence-electron chi connectivity index (χ4n) is 2.87. The van der Waals surface area contributed by atoms with Crippen molar-refractivity contribution in [3.63, 3.8) is 0 Å². The molecule has 2 aromatic carbocycles. The highest BCUT2D eigenvalue weighted by molar-refractivity contribution is 5.92. The number of para-hydroxylation sites is 2. The van der Waals surface area contributed by atoms with E-state index < -0.39 is 0 Å². The zero-order valence-corrected chi connectivity index (χ0v) is 16.4. The molecule has 0 saturated carbocycles. The van der Waals surface area contributed by atoms with Gasteiger partial charge < -0.3 is 20.1 Å². The third-order valence-electron chi connectivity index (χ3n) is 4.33. The van der Waals surface area contributed by atoms with Gasteiger partial charge in [0, 0.05) is 30.9 Å². The van der Waals surface area contributed by atoms with E-state index in [2.05, 4.69) is 25.6 Å². The number of methoxy groups -OCH3 is 1. The molecule has 8 heteroatoms. The summed E-state index contributed by atoms with van der Waals surface area (Å²) >= 11 is 0. The summed E-state index contributed by atoms with van der Waals surface area (Å²) < 4.78 is 11.2. The zero-order chi connectivity index (χ0) is 20.9. The third-order valence-corrected chi connectivity index (χ3v) is 4.33. The molecular weight excluding hydrogens is 382 g/mol. The Morgan fingerprint density at radius 1 is 1.00 bits per heavy atom. The van der Waals surface area contributed by atoms with Gasteiger partial charge in [-0.15, -0.1) is 0 Å². The van der Waals surface area contributed by atoms with Crippen molar-refractivity contribution in [2.75, 3.05) is 19.5 Å². The first-order valence-electron chi connectivity index (χ1n) is 9.19. The number of pyridine rings is 1. The number of rotatable bonds is 6. The van der Waals surface area contributed by atoms with Gasteiger partial charge in [0.15, 0.2) is 0 Å². The molecule has 0 saturated heterocycles. The van der Waals surface area contributed by atoms with Crippen LogP contribution in [-0.2, 0) is 0 Å². The molecule has 0 aliphatic heterocycles. The normalized spacial score (nSPS) is 10.5. The number of amides is 1. The Bertz CT molecular complexity index is 1210. The summed E-state index contributed by atoms with van der Waals surface area (Å²) in [4.78, 5) is 24.7. The van der Waals surface area contributed by atoms with Gasteiger partial charge in [0.25, 0.3) is 5.91 Å². The number of carbonyl (C=O) groups is 1. The van der Waals surface area contributed by atoms with Crippen LogP contribution in [-0.4, -0.2) is 35.0 Å². The number of hydrogen-bond donors (Lipinski definition) is 2. The molecule has 150 valence electrons. The van der Waals surface area contributed by atoms with E-state index in [1.807, 2.05) is 42.5 Å². The first-order chi connectivity index (χ1) is 14.7. The van der Waals surface area contributed by atoms with Gasteiger partial charge in [-0.05, 0) is 36.4 Å². The van der Waals surface area contributed by atoms with Gasteiger partial charge in [-0.3, -0.25) is 9.78 Å². The molecule has 0 atom stereocenters. The minimum atomic E-state index is -0.276. The van der Waals surface area contributed by atoms with Crippen molar-refractivity contribution in [3.05, 3.63) is 72.7 Å². The maximum atomic E-state index is 11.7. The topological polar surface area (TPSA) is 98.3 Å². The number of hydrogen-bond acceptors (Lipinski definition) is 7. The van der Waals surface area contributed by atoms with Crippen molar-refractivity contribution in [2.24, 2.45) is 0 Å². The van der Waals surface area contributed by atoms with Gasteiger partial charge in [-0.25, -0.2) is 9.97 Å². The fraction of sp³-hybridized carbons (Fsp3) is 0.0909. The van der Waals surface area contributed by atoms with E-state index in [0.717, 1.165) is 16.6 Å². The largest absolute Gasteiger partial charge is 0.495 e. The Kier molecular flexibility index (Phi) is 5.38. The summed E-state index contributed by atoms with van der Waals surface area (Å²) in [5.41, 5.74) is 1.82. The monoisotopic (exact) mass is 401 g/mol. The summed E-state index contributed by atoms with van der Waals surface area (Å²) in [6, 6.07) is 16.3. The molecule has 4 aromatic rings. The SMILES string of the molecule is CNC(=O)c1cc(Oc2ccc3nc(Nc4ccccc4OC)ncc3c2)ccn1. The molecule has 0 fully saturated rings. The fourth-order valence-corrected chi connectivity index (χ4v) is 2.87. The summed E-state index contributed by atoms with van der Waals surface area (Å²) in [5.74, 6) is 2.01. The second kappa shape index (κ2) is 8.44. The van der Waals surface area contributed by atoms with Crippen molar-refractivity contribution >= 4 is 28.4 Å². The first kappa shape index (κ1) is 19.1. The molecule has 0 radical (unpaired) electrons. The molecule has 0 unspecified atom stereocenters. The molecule has 0 bridgehead atoms. The van der Waals surface area contributed by atoms with Gasteiger partial charge in [0.1, 0.15) is 22.9 Å². The lowest BCUT2D eigenvalue weighted by molar-refractivity contribution is 0.0958. The lowest BCUT2D eigenvalue weighted by atomic mass is 10.2. The van der Waals surface area contributed by atoms with Crippen LogP contribution >= 0.6 is 0 Å². The molecule has 2 N–H and O–H groups in total. The highest BCUT2D eigenvalue weighted by Gasteiger charge is 2.09. The lowest BCUT2D eigenvalue weighted by Gasteiger charge is -2.10. The summed E-state index contributed by atoms with van der Waals surface area (Å²) in [7, 11) is 3.17. The van der Waals surface area contributed by atoms with Gasteiger partial charge in [-0.2, -0.15) is 0 Å². The van der Waals surface area contributed by atoms with Crippen LogP contribution in [0.2, 0.25) is 0 Å². The zero-order valence-electron chi connectivity index (χ0n) is 16.4. The van der Waals surface area contributed by atoms with E-state index in [1.165, 1.54) is 6.20 Å². The van der Waals surface area contributed by atoms with Crippen LogP contribution < -0.4 is 20.1 Å². The van der Waals surface area contributed by atoms with Crippen molar-refractivity contribution in [1.29, 1.82) is 0 Å². The van der Waals surface area contributed by atoms with Gasteiger partial charge in [0.2, 0.25) is 5.95 Å². The highest BCUT2D eigenvalue weighted by atomic mass is 16.5. The predicted octanol–water partition coefficient (Wildman–Crippen LogP) is 3.93. The number of anilines is 2. The molecule has 2 heterocycles. The van der Waals surface area contributed by atoms with Crippen LogP contribution in [0.25, 0.3) is 10.9 Å². The smallest absolute Gasteiger partial charge is 0.269 e. The molecule has 0 aliphatic rings. The van der Waals surface area contributed by atoms with E-state index in [1.54, 1.807) is 32.5 Å². The average Bonchev–Trinajstić information content (AvgIpc) is 2.79. The van der Waals surface area contributed by atoms with Gasteiger partial charge >= 0.3 is 0 Å². The minimum absolute atomic E-state index is 0.276. The molecule has 0 aliphatic carbocycles. The van der Waals surface area contributed by atoms with Crippen molar-refractivity contribution in [2.45, 2.75) is 0 Å². The maximum absolute atomic E-state index is 11.7. The van der Waals surface area contributed by atoms with Crippen LogP contribution in [0.15, 0.2) is 67.0 Å². The van der Waals surface area contributed by atoms with E-state index >= 15 is 0 Å². The standard InChI is InChI=1S/C22H19N5O3/c1-23-21(28)19-12-16(9-10-24-19)30-15-7-8-17-14(11-15)13-25-22(26-17)27-18-5-3-4-6-20(18)29-2/h3-13H,1-2H3,(H,23,28)(H,25,26,27). The molecule has 0 spiro atoms. The van der Waals surface area contributed by atoms with Crippen molar-refractivity contribution in [1.82, 2.24) is 20.3 Å². The number of ether oxygens (including phenoxy) is 2. The highest BCUT2D eigenvalue weighted by Crippen LogP contribution is 2.28. The third kappa shape index (κ3) is 4.12. The Hall–Kier alpha value is -4.20. The maximum Gasteiger partial charge on any atom is 0.269 e. The summed E-state index contributed by atoms with van der Waals surface area (Å²) in [5, 5.41) is 6.53. The molecule has 1 amide bonds. The Labute approximate surface area is 172 Å².